The van der Waals surface area contributed by atoms with Crippen molar-refractivity contribution in [2.24, 2.45) is 23.5 Å². The zero-order valence-electron chi connectivity index (χ0n) is 45.6. The maximum absolute atomic E-state index is 14.6. The number of carboxylic acid groups (broad SMARTS) is 1. The number of piperidine rings is 1. The van der Waals surface area contributed by atoms with Crippen molar-refractivity contribution >= 4 is 70.3 Å². The number of likely N-dealkylation sites (tertiary alicyclic amines) is 1. The number of carboxylic acids is 1. The number of carbonyl (C=O) groups is 9. The Kier molecular flexibility index (Phi) is 23.1. The van der Waals surface area contributed by atoms with Crippen LogP contribution in [-0.4, -0.2) is 142 Å². The molecule has 1 aliphatic carbocycles. The van der Waals surface area contributed by atoms with Gasteiger partial charge in [0.2, 0.25) is 23.6 Å². The molecule has 0 spiro atoms. The Hall–Kier alpha value is -6.06. The third kappa shape index (κ3) is 16.7. The maximum atomic E-state index is 14.6. The molecule has 9 atom stereocenters. The van der Waals surface area contributed by atoms with Crippen molar-refractivity contribution in [2.75, 3.05) is 38.5 Å². The number of anilines is 1. The van der Waals surface area contributed by atoms with E-state index < -0.39 is 59.9 Å². The number of likely N-dealkylation sites (N-methyl/N-ethyl adjacent to an activating group) is 2. The van der Waals surface area contributed by atoms with Crippen LogP contribution in [0.4, 0.5) is 5.69 Å². The lowest BCUT2D eigenvalue weighted by molar-refractivity contribution is -0.150. The average molecular weight is 1080 g/mol. The van der Waals surface area contributed by atoms with Gasteiger partial charge >= 0.3 is 11.9 Å². The van der Waals surface area contributed by atoms with Gasteiger partial charge in [0.15, 0.2) is 6.10 Å². The summed E-state index contributed by atoms with van der Waals surface area (Å²) in [6, 6.07) is 1.94. The van der Waals surface area contributed by atoms with E-state index in [1.54, 1.807) is 28.5 Å². The van der Waals surface area contributed by atoms with E-state index in [-0.39, 0.29) is 85.3 Å². The van der Waals surface area contributed by atoms with Crippen LogP contribution in [0.2, 0.25) is 0 Å². The maximum Gasteiger partial charge on any atom is 0.311 e. The van der Waals surface area contributed by atoms with Gasteiger partial charge in [-0.1, -0.05) is 53.5 Å². The molecule has 1 aromatic heterocycles. The van der Waals surface area contributed by atoms with Crippen LogP contribution in [0.3, 0.4) is 0 Å². The Morgan fingerprint density at radius 1 is 0.974 bits per heavy atom. The van der Waals surface area contributed by atoms with Gasteiger partial charge in [-0.25, -0.2) is 4.98 Å². The van der Waals surface area contributed by atoms with Gasteiger partial charge in [-0.2, -0.15) is 0 Å². The lowest BCUT2D eigenvalue weighted by Crippen LogP contribution is -2.59. The van der Waals surface area contributed by atoms with Crippen LogP contribution in [-0.2, 0) is 49.5 Å². The molecule has 7 amide bonds. The van der Waals surface area contributed by atoms with Gasteiger partial charge in [-0.15, -0.1) is 11.3 Å². The summed E-state index contributed by atoms with van der Waals surface area (Å²) < 4.78 is 5.87. The molecule has 0 radical (unpaired) electrons. The van der Waals surface area contributed by atoms with E-state index in [9.17, 15) is 48.3 Å². The van der Waals surface area contributed by atoms with E-state index in [1.165, 1.54) is 19.1 Å². The molecule has 21 heteroatoms. The SMILES string of the molecule is CCC(C)C(NC(=O)C1CC(C)CCN1C)C(=O)N(CC)C(CC(OC(C)=O)c1nc(C(=O)NC2Cc3ccc(NC(=O)C(CCCCN)NC(=O)CCCCCN4C(=O)C=CC4=O)cc3C(C(=O)O)C2)cs1)C(C)C. The van der Waals surface area contributed by atoms with Crippen molar-refractivity contribution in [2.45, 2.75) is 174 Å². The van der Waals surface area contributed by atoms with E-state index in [1.807, 2.05) is 46.6 Å². The minimum atomic E-state index is -1.12. The summed E-state index contributed by atoms with van der Waals surface area (Å²) in [4.78, 5) is 128. The van der Waals surface area contributed by atoms with Crippen molar-refractivity contribution in [3.63, 3.8) is 0 Å². The van der Waals surface area contributed by atoms with Crippen molar-refractivity contribution in [3.05, 3.63) is 57.6 Å². The first-order chi connectivity index (χ1) is 36.1. The first-order valence-corrected chi connectivity index (χ1v) is 28.0. The number of benzene rings is 1. The van der Waals surface area contributed by atoms with Crippen LogP contribution in [0.15, 0.2) is 35.7 Å². The lowest BCUT2D eigenvalue weighted by Gasteiger charge is -2.40. The number of amides is 7. The van der Waals surface area contributed by atoms with E-state index in [4.69, 9.17) is 10.5 Å². The molecule has 2 aliphatic heterocycles. The second kappa shape index (κ2) is 28.9. The largest absolute Gasteiger partial charge is 0.481 e. The molecule has 76 heavy (non-hydrogen) atoms. The van der Waals surface area contributed by atoms with Crippen LogP contribution < -0.4 is 27.0 Å². The highest BCUT2D eigenvalue weighted by Gasteiger charge is 2.40. The van der Waals surface area contributed by atoms with E-state index in [0.29, 0.717) is 92.2 Å². The van der Waals surface area contributed by atoms with Gasteiger partial charge in [0, 0.05) is 68.2 Å². The third-order valence-corrected chi connectivity index (χ3v) is 15.9. The number of ether oxygens (including phenoxy) is 1. The number of esters is 1. The standard InChI is InChI=1S/C55H81N9O11S/c1-9-34(6)49(61-52(71)44-26-33(5)22-25-62(44)8)54(72)63(10-2)43(32(3)4)30-45(75-35(7)65)53-60-42(31-76-53)51(70)58-38-27-36-18-19-37(28-39(36)40(29-38)55(73)74)57-50(69)41(16-13-14-23-56)59-46(66)17-12-11-15-24-64-47(67)20-21-48(64)68/h18-21,28,31-34,38,40-41,43-45,49H,9-17,22-27,29-30,56H2,1-8H3,(H,57,69)(H,58,70)(H,59,66)(H,61,71)(H,73,74). The molecule has 0 saturated carbocycles. The number of aliphatic carboxylic acids is 1. The molecule has 1 aromatic carbocycles. The number of hydrogen-bond donors (Lipinski definition) is 6. The van der Waals surface area contributed by atoms with Crippen LogP contribution in [0.1, 0.15) is 164 Å². The van der Waals surface area contributed by atoms with Crippen LogP contribution in [0.5, 0.6) is 0 Å². The summed E-state index contributed by atoms with van der Waals surface area (Å²) in [6.45, 7) is 15.0. The fourth-order valence-electron chi connectivity index (χ4n) is 10.3. The second-order valence-corrected chi connectivity index (χ2v) is 22.0. The third-order valence-electron chi connectivity index (χ3n) is 15.0. The summed E-state index contributed by atoms with van der Waals surface area (Å²) >= 11 is 1.14. The number of rotatable bonds is 28. The fourth-order valence-corrected chi connectivity index (χ4v) is 11.2. The molecule has 9 unspecified atom stereocenters. The highest BCUT2D eigenvalue weighted by molar-refractivity contribution is 7.09. The lowest BCUT2D eigenvalue weighted by atomic mass is 9.79. The number of nitrogens with two attached hydrogens (primary N) is 1. The number of hydrogen-bond acceptors (Lipinski definition) is 14. The Morgan fingerprint density at radius 2 is 1.70 bits per heavy atom. The molecule has 1 fully saturated rings. The smallest absolute Gasteiger partial charge is 0.311 e. The number of imide groups is 1. The number of unbranched alkanes of at least 4 members (excludes halogenated alkanes) is 3. The Balaban J connectivity index is 1.23. The van der Waals surface area contributed by atoms with Gasteiger partial charge in [0.25, 0.3) is 17.7 Å². The van der Waals surface area contributed by atoms with Gasteiger partial charge in [0.1, 0.15) is 22.8 Å². The Bertz CT molecular complexity index is 2410. The minimum Gasteiger partial charge on any atom is -0.481 e. The molecule has 0 bridgehead atoms. The molecular weight excluding hydrogens is 995 g/mol. The second-order valence-electron chi connectivity index (χ2n) is 21.1. The highest BCUT2D eigenvalue weighted by atomic mass is 32.1. The molecule has 3 aliphatic rings. The predicted octanol–water partition coefficient (Wildman–Crippen LogP) is 5.22. The zero-order valence-corrected chi connectivity index (χ0v) is 46.4. The van der Waals surface area contributed by atoms with E-state index in [2.05, 4.69) is 33.2 Å². The summed E-state index contributed by atoms with van der Waals surface area (Å²) in [5.41, 5.74) is 7.26. The number of aromatic nitrogens is 1. The Morgan fingerprint density at radius 3 is 2.34 bits per heavy atom. The van der Waals surface area contributed by atoms with Crippen molar-refractivity contribution in [3.8, 4) is 0 Å². The molecule has 3 heterocycles. The van der Waals surface area contributed by atoms with Crippen LogP contribution in [0, 0.1) is 17.8 Å². The molecule has 1 saturated heterocycles. The molecular formula is C55H81N9O11S. The zero-order chi connectivity index (χ0) is 55.8. The van der Waals surface area contributed by atoms with Crippen LogP contribution in [0.25, 0.3) is 0 Å². The van der Waals surface area contributed by atoms with Crippen molar-refractivity contribution in [1.29, 1.82) is 0 Å². The minimum absolute atomic E-state index is 0.0450. The van der Waals surface area contributed by atoms with E-state index in [0.717, 1.165) is 29.2 Å². The topological polar surface area (TPSA) is 280 Å². The van der Waals surface area contributed by atoms with Crippen LogP contribution >= 0.6 is 11.3 Å². The number of nitrogens with one attached hydrogen (secondary N) is 4. The number of nitrogens with zero attached hydrogens (tertiary/aromatic N) is 4. The quantitative estimate of drug-likeness (QED) is 0.0362. The first-order valence-electron chi connectivity index (χ1n) is 27.1. The molecule has 20 nitrogen and oxygen atoms in total. The Labute approximate surface area is 451 Å². The number of fused-ring (bicyclic) bond motifs is 1. The summed E-state index contributed by atoms with van der Waals surface area (Å²) in [5, 5.41) is 24.1. The highest BCUT2D eigenvalue weighted by Crippen LogP contribution is 2.36. The first kappa shape index (κ1) is 60.8. The summed E-state index contributed by atoms with van der Waals surface area (Å²) in [6.07, 6.45) is 7.71. The molecule has 7 N–H and O–H groups in total. The molecule has 418 valence electrons. The molecule has 5 rings (SSSR count). The number of carbonyl (C=O) groups excluding carboxylic acids is 8. The van der Waals surface area contributed by atoms with Gasteiger partial charge < -0.3 is 41.7 Å². The van der Waals surface area contributed by atoms with Crippen molar-refractivity contribution in [1.82, 2.24) is 35.6 Å². The fraction of sp³-hybridized carbons (Fsp3) is 0.636. The predicted molar refractivity (Wildman–Crippen MR) is 288 cm³/mol. The monoisotopic (exact) mass is 1080 g/mol. The average Bonchev–Trinajstić information content (AvgIpc) is 4.00. The summed E-state index contributed by atoms with van der Waals surface area (Å²) in [7, 11) is 1.94. The van der Waals surface area contributed by atoms with Gasteiger partial charge in [0.05, 0.1) is 12.0 Å². The van der Waals surface area contributed by atoms with Gasteiger partial charge in [-0.3, -0.25) is 53.0 Å². The molecule has 2 aromatic rings. The normalized spacial score (nSPS) is 20.5. The van der Waals surface area contributed by atoms with E-state index >= 15 is 0 Å². The van der Waals surface area contributed by atoms with Crippen molar-refractivity contribution < 1.29 is 53.0 Å². The summed E-state index contributed by atoms with van der Waals surface area (Å²) in [5.74, 6) is -5.04. The number of thiazole rings is 1. The van der Waals surface area contributed by atoms with Gasteiger partial charge in [-0.05, 0) is 126 Å².